The van der Waals surface area contributed by atoms with E-state index in [1.165, 1.54) is 0 Å². The number of aromatic nitrogens is 2. The lowest BCUT2D eigenvalue weighted by Crippen LogP contribution is -2.39. The fourth-order valence-electron chi connectivity index (χ4n) is 3.43. The third kappa shape index (κ3) is 3.30. The van der Waals surface area contributed by atoms with E-state index >= 15 is 0 Å². The highest BCUT2D eigenvalue weighted by Crippen LogP contribution is 2.27. The van der Waals surface area contributed by atoms with Crippen molar-refractivity contribution in [3.63, 3.8) is 0 Å². The second-order valence-electron chi connectivity index (χ2n) is 6.65. The smallest absolute Gasteiger partial charge is 0.277 e. The molecular formula is C19H20N4O4. The van der Waals surface area contributed by atoms with E-state index in [1.807, 2.05) is 13.0 Å². The molecule has 27 heavy (non-hydrogen) atoms. The van der Waals surface area contributed by atoms with Crippen LogP contribution in [-0.4, -0.2) is 48.1 Å². The number of hydrogen-bond acceptors (Lipinski definition) is 7. The van der Waals surface area contributed by atoms with Gasteiger partial charge in [-0.25, -0.2) is 9.97 Å². The maximum atomic E-state index is 11.9. The minimum Gasteiger partial charge on any atom is -0.489 e. The molecule has 4 heterocycles. The molecule has 2 amide bonds. The maximum Gasteiger partial charge on any atom is 0.277 e. The van der Waals surface area contributed by atoms with Crippen molar-refractivity contribution in [2.24, 2.45) is 0 Å². The number of nitrogens with zero attached hydrogens (tertiary/aromatic N) is 3. The van der Waals surface area contributed by atoms with Gasteiger partial charge in [-0.05, 0) is 24.6 Å². The number of imide groups is 1. The Bertz CT molecular complexity index is 889. The number of nitrogens with one attached hydrogen (secondary N) is 1. The third-order valence-corrected chi connectivity index (χ3v) is 4.84. The lowest BCUT2D eigenvalue weighted by molar-refractivity contribution is 0.0878. The van der Waals surface area contributed by atoms with E-state index in [-0.39, 0.29) is 17.7 Å². The molecule has 8 heteroatoms. The van der Waals surface area contributed by atoms with E-state index in [4.69, 9.17) is 9.47 Å². The minimum absolute atomic E-state index is 0.0936. The van der Waals surface area contributed by atoms with Crippen molar-refractivity contribution in [2.45, 2.75) is 25.9 Å². The van der Waals surface area contributed by atoms with Crippen molar-refractivity contribution < 1.29 is 19.1 Å². The molecule has 2 aliphatic heterocycles. The first-order valence-corrected chi connectivity index (χ1v) is 8.84. The standard InChI is InChI=1S/C19H20N4O4/c1-11-9-14-16(19(25)22-18(14)24)21-17(11)23-7-5-12(6-8-23)27-13-3-4-15(26-2)20-10-13/h3-4,9-10,12H,5-8H2,1-2H3,(H,22,24,25). The normalized spacial score (nSPS) is 16.9. The number of amides is 2. The van der Waals surface area contributed by atoms with Gasteiger partial charge in [0.2, 0.25) is 5.88 Å². The van der Waals surface area contributed by atoms with E-state index in [9.17, 15) is 9.59 Å². The van der Waals surface area contributed by atoms with Gasteiger partial charge in [0.15, 0.2) is 0 Å². The van der Waals surface area contributed by atoms with Crippen LogP contribution in [0.25, 0.3) is 0 Å². The average Bonchev–Trinajstić information content (AvgIpc) is 2.95. The second-order valence-corrected chi connectivity index (χ2v) is 6.65. The number of ether oxygens (including phenoxy) is 2. The second kappa shape index (κ2) is 6.86. The summed E-state index contributed by atoms with van der Waals surface area (Å²) in [5.41, 5.74) is 1.45. The zero-order valence-corrected chi connectivity index (χ0v) is 15.2. The van der Waals surface area contributed by atoms with Crippen molar-refractivity contribution in [3.05, 3.63) is 41.2 Å². The molecule has 0 unspecified atom stereocenters. The molecule has 0 spiro atoms. The van der Waals surface area contributed by atoms with E-state index in [0.717, 1.165) is 43.1 Å². The molecule has 0 saturated carbocycles. The first-order valence-electron chi connectivity index (χ1n) is 8.84. The quantitative estimate of drug-likeness (QED) is 0.821. The molecule has 2 aromatic heterocycles. The Morgan fingerprint density at radius 2 is 1.96 bits per heavy atom. The molecule has 0 aromatic carbocycles. The van der Waals surface area contributed by atoms with Crippen LogP contribution in [0.5, 0.6) is 11.6 Å². The third-order valence-electron chi connectivity index (χ3n) is 4.84. The van der Waals surface area contributed by atoms with Gasteiger partial charge in [0.25, 0.3) is 11.8 Å². The summed E-state index contributed by atoms with van der Waals surface area (Å²) in [4.78, 5) is 34.4. The zero-order valence-electron chi connectivity index (χ0n) is 15.2. The SMILES string of the molecule is COc1ccc(OC2CCN(c3nc4c(cc3C)C(=O)NC4=O)CC2)cn1. The fraction of sp³-hybridized carbons (Fsp3) is 0.368. The number of piperidine rings is 1. The van der Waals surface area contributed by atoms with Crippen molar-refractivity contribution >= 4 is 17.6 Å². The van der Waals surface area contributed by atoms with Gasteiger partial charge < -0.3 is 14.4 Å². The Morgan fingerprint density at radius 1 is 1.19 bits per heavy atom. The Balaban J connectivity index is 1.43. The van der Waals surface area contributed by atoms with Crippen molar-refractivity contribution in [1.29, 1.82) is 0 Å². The minimum atomic E-state index is -0.429. The summed E-state index contributed by atoms with van der Waals surface area (Å²) in [7, 11) is 1.58. The number of anilines is 1. The van der Waals surface area contributed by atoms with Crippen LogP contribution in [-0.2, 0) is 0 Å². The highest BCUT2D eigenvalue weighted by molar-refractivity contribution is 6.20. The summed E-state index contributed by atoms with van der Waals surface area (Å²) in [5.74, 6) is 1.22. The average molecular weight is 368 g/mol. The van der Waals surface area contributed by atoms with E-state index in [1.54, 1.807) is 25.4 Å². The number of pyridine rings is 2. The molecule has 0 bridgehead atoms. The summed E-state index contributed by atoms with van der Waals surface area (Å²) in [6.07, 6.45) is 3.41. The Morgan fingerprint density at radius 3 is 2.63 bits per heavy atom. The Labute approximate surface area is 156 Å². The molecule has 0 aliphatic carbocycles. The summed E-state index contributed by atoms with van der Waals surface area (Å²) in [6, 6.07) is 5.36. The number of methoxy groups -OCH3 is 1. The molecule has 1 saturated heterocycles. The van der Waals surface area contributed by atoms with Crippen molar-refractivity contribution in [3.8, 4) is 11.6 Å². The van der Waals surface area contributed by atoms with Crippen LogP contribution in [0, 0.1) is 6.92 Å². The van der Waals surface area contributed by atoms with Crippen LogP contribution in [0.3, 0.4) is 0 Å². The van der Waals surface area contributed by atoms with Gasteiger partial charge >= 0.3 is 0 Å². The number of aryl methyl sites for hydroxylation is 1. The first-order chi connectivity index (χ1) is 13.0. The highest BCUT2D eigenvalue weighted by atomic mass is 16.5. The van der Waals surface area contributed by atoms with Gasteiger partial charge in [-0.3, -0.25) is 14.9 Å². The van der Waals surface area contributed by atoms with Crippen LogP contribution in [0.1, 0.15) is 39.3 Å². The van der Waals surface area contributed by atoms with Gasteiger partial charge in [0.05, 0.1) is 18.9 Å². The Hall–Kier alpha value is -3.16. The van der Waals surface area contributed by atoms with Crippen LogP contribution >= 0.6 is 0 Å². The zero-order chi connectivity index (χ0) is 19.0. The molecule has 2 aliphatic rings. The van der Waals surface area contributed by atoms with E-state index < -0.39 is 5.91 Å². The van der Waals surface area contributed by atoms with Gasteiger partial charge in [0.1, 0.15) is 23.4 Å². The van der Waals surface area contributed by atoms with Crippen LogP contribution in [0.4, 0.5) is 5.82 Å². The van der Waals surface area contributed by atoms with Crippen molar-refractivity contribution in [1.82, 2.24) is 15.3 Å². The van der Waals surface area contributed by atoms with Crippen molar-refractivity contribution in [2.75, 3.05) is 25.1 Å². The monoisotopic (exact) mass is 368 g/mol. The number of rotatable bonds is 4. The predicted octanol–water partition coefficient (Wildman–Crippen LogP) is 1.73. The summed E-state index contributed by atoms with van der Waals surface area (Å²) >= 11 is 0. The number of hydrogen-bond donors (Lipinski definition) is 1. The van der Waals surface area contributed by atoms with Crippen LogP contribution in [0.15, 0.2) is 24.4 Å². The first kappa shape index (κ1) is 17.3. The largest absolute Gasteiger partial charge is 0.489 e. The number of carbonyl (C=O) groups is 2. The molecule has 1 fully saturated rings. The number of fused-ring (bicyclic) bond motifs is 1. The number of carbonyl (C=O) groups excluding carboxylic acids is 2. The molecule has 0 atom stereocenters. The molecule has 0 radical (unpaired) electrons. The molecule has 1 N–H and O–H groups in total. The van der Waals surface area contributed by atoms with Gasteiger partial charge in [-0.15, -0.1) is 0 Å². The molecule has 2 aromatic rings. The van der Waals surface area contributed by atoms with Gasteiger partial charge in [0, 0.05) is 32.0 Å². The lowest BCUT2D eigenvalue weighted by Gasteiger charge is -2.33. The topological polar surface area (TPSA) is 93.7 Å². The van der Waals surface area contributed by atoms with Gasteiger partial charge in [-0.2, -0.15) is 0 Å². The highest BCUT2D eigenvalue weighted by Gasteiger charge is 2.31. The van der Waals surface area contributed by atoms with E-state index in [2.05, 4.69) is 20.2 Å². The molecule has 8 nitrogen and oxygen atoms in total. The van der Waals surface area contributed by atoms with Crippen LogP contribution < -0.4 is 19.7 Å². The lowest BCUT2D eigenvalue weighted by atomic mass is 10.1. The van der Waals surface area contributed by atoms with E-state index in [0.29, 0.717) is 11.4 Å². The van der Waals surface area contributed by atoms with Gasteiger partial charge in [-0.1, -0.05) is 0 Å². The predicted molar refractivity (Wildman–Crippen MR) is 97.4 cm³/mol. The summed E-state index contributed by atoms with van der Waals surface area (Å²) in [6.45, 7) is 3.43. The summed E-state index contributed by atoms with van der Waals surface area (Å²) in [5, 5.41) is 2.29. The molecule has 4 rings (SSSR count). The van der Waals surface area contributed by atoms with Crippen LogP contribution in [0.2, 0.25) is 0 Å². The Kier molecular flexibility index (Phi) is 4.39. The maximum absolute atomic E-state index is 11.9. The fourth-order valence-corrected chi connectivity index (χ4v) is 3.43. The molecular weight excluding hydrogens is 348 g/mol. The summed E-state index contributed by atoms with van der Waals surface area (Å²) < 4.78 is 11.0. The molecule has 140 valence electrons.